The van der Waals surface area contributed by atoms with E-state index in [0.29, 0.717) is 4.60 Å². The van der Waals surface area contributed by atoms with Gasteiger partial charge in [-0.3, -0.25) is 4.72 Å². The number of anilines is 2. The normalized spacial score (nSPS) is 11.3. The van der Waals surface area contributed by atoms with Crippen molar-refractivity contribution in [3.8, 4) is 0 Å². The molecule has 0 fully saturated rings. The largest absolute Gasteiger partial charge is 0.399 e. The van der Waals surface area contributed by atoms with Crippen LogP contribution in [-0.2, 0) is 10.0 Å². The van der Waals surface area contributed by atoms with Crippen molar-refractivity contribution in [2.75, 3.05) is 10.5 Å². The van der Waals surface area contributed by atoms with Crippen LogP contribution in [0.1, 0.15) is 0 Å². The summed E-state index contributed by atoms with van der Waals surface area (Å²) in [5, 5.41) is 0. The molecule has 0 atom stereocenters. The van der Waals surface area contributed by atoms with Gasteiger partial charge in [-0.2, -0.15) is 0 Å². The minimum atomic E-state index is -4.03. The molecule has 0 saturated carbocycles. The first kappa shape index (κ1) is 13.8. The number of nitrogen functional groups attached to an aromatic ring is 1. The van der Waals surface area contributed by atoms with Gasteiger partial charge in [-0.15, -0.1) is 0 Å². The average molecular weight is 346 g/mol. The monoisotopic (exact) mass is 345 g/mol. The first-order valence-electron chi connectivity index (χ1n) is 5.08. The van der Waals surface area contributed by atoms with E-state index in [1.807, 2.05) is 0 Å². The third kappa shape index (κ3) is 3.02. The van der Waals surface area contributed by atoms with Crippen molar-refractivity contribution in [3.63, 3.8) is 0 Å². The van der Waals surface area contributed by atoms with E-state index in [0.717, 1.165) is 12.1 Å². The molecule has 0 radical (unpaired) electrons. The molecule has 2 rings (SSSR count). The van der Waals surface area contributed by atoms with Crippen LogP contribution >= 0.6 is 15.9 Å². The Morgan fingerprint density at radius 2 is 2.05 bits per heavy atom. The summed E-state index contributed by atoms with van der Waals surface area (Å²) in [6, 6.07) is 6.44. The summed E-state index contributed by atoms with van der Waals surface area (Å²) in [4.78, 5) is 3.39. The number of halogens is 2. The summed E-state index contributed by atoms with van der Waals surface area (Å²) in [5.41, 5.74) is 5.75. The van der Waals surface area contributed by atoms with Crippen LogP contribution in [-0.4, -0.2) is 13.4 Å². The second-order valence-electron chi connectivity index (χ2n) is 3.64. The fourth-order valence-corrected chi connectivity index (χ4v) is 3.00. The third-order valence-corrected chi connectivity index (χ3v) is 4.28. The lowest BCUT2D eigenvalue weighted by Crippen LogP contribution is -2.15. The highest BCUT2D eigenvalue weighted by Gasteiger charge is 2.20. The molecular weight excluding hydrogens is 337 g/mol. The smallest absolute Gasteiger partial charge is 0.264 e. The molecular formula is C11H9BrFN3O2S. The molecule has 0 unspecified atom stereocenters. The van der Waals surface area contributed by atoms with Gasteiger partial charge in [0, 0.05) is 11.9 Å². The molecule has 5 nitrogen and oxygen atoms in total. The summed E-state index contributed by atoms with van der Waals surface area (Å²) in [5.74, 6) is -0.910. The van der Waals surface area contributed by atoms with Crippen LogP contribution in [0, 0.1) is 5.82 Å². The van der Waals surface area contributed by atoms with E-state index in [-0.39, 0.29) is 11.4 Å². The predicted molar refractivity (Wildman–Crippen MR) is 73.6 cm³/mol. The zero-order chi connectivity index (χ0) is 14.0. The van der Waals surface area contributed by atoms with Crippen molar-refractivity contribution in [2.45, 2.75) is 4.90 Å². The third-order valence-electron chi connectivity index (χ3n) is 2.25. The van der Waals surface area contributed by atoms with Crippen molar-refractivity contribution < 1.29 is 12.8 Å². The molecule has 0 spiro atoms. The number of sulfonamides is 1. The molecule has 0 bridgehead atoms. The summed E-state index contributed by atoms with van der Waals surface area (Å²) in [7, 11) is -4.03. The van der Waals surface area contributed by atoms with Gasteiger partial charge in [0.1, 0.15) is 15.3 Å². The maximum absolute atomic E-state index is 13.6. The Labute approximate surface area is 117 Å². The van der Waals surface area contributed by atoms with E-state index in [4.69, 9.17) is 5.73 Å². The molecule has 100 valence electrons. The Morgan fingerprint density at radius 1 is 1.32 bits per heavy atom. The van der Waals surface area contributed by atoms with Crippen LogP contribution < -0.4 is 10.5 Å². The number of hydrogen-bond acceptors (Lipinski definition) is 4. The van der Waals surface area contributed by atoms with Crippen LogP contribution in [0.4, 0.5) is 15.8 Å². The summed E-state index contributed by atoms with van der Waals surface area (Å²) in [6.45, 7) is 0. The van der Waals surface area contributed by atoms with Gasteiger partial charge in [-0.1, -0.05) is 0 Å². The Bertz CT molecular complexity index is 722. The van der Waals surface area contributed by atoms with Crippen LogP contribution in [0.3, 0.4) is 0 Å². The molecule has 1 aromatic heterocycles. The summed E-state index contributed by atoms with van der Waals surface area (Å²) >= 11 is 3.10. The second-order valence-corrected chi connectivity index (χ2v) is 6.04. The maximum Gasteiger partial charge on any atom is 0.264 e. The topological polar surface area (TPSA) is 85.1 Å². The lowest BCUT2D eigenvalue weighted by atomic mass is 10.3. The van der Waals surface area contributed by atoms with Gasteiger partial charge in [0.25, 0.3) is 10.0 Å². The minimum absolute atomic E-state index is 0.152. The van der Waals surface area contributed by atoms with Gasteiger partial charge in [0.15, 0.2) is 0 Å². The number of pyridine rings is 1. The minimum Gasteiger partial charge on any atom is -0.399 e. The van der Waals surface area contributed by atoms with Gasteiger partial charge >= 0.3 is 0 Å². The Hall–Kier alpha value is -1.67. The molecule has 3 N–H and O–H groups in total. The molecule has 1 aromatic carbocycles. The van der Waals surface area contributed by atoms with Crippen molar-refractivity contribution in [2.24, 2.45) is 0 Å². The number of nitrogens with zero attached hydrogens (tertiary/aromatic N) is 1. The van der Waals surface area contributed by atoms with Crippen LogP contribution in [0.2, 0.25) is 0 Å². The lowest BCUT2D eigenvalue weighted by Gasteiger charge is -2.10. The van der Waals surface area contributed by atoms with Gasteiger partial charge < -0.3 is 5.73 Å². The van der Waals surface area contributed by atoms with E-state index >= 15 is 0 Å². The Kier molecular flexibility index (Phi) is 3.72. The van der Waals surface area contributed by atoms with Crippen molar-refractivity contribution in [1.29, 1.82) is 0 Å². The number of hydrogen-bond donors (Lipinski definition) is 2. The SMILES string of the molecule is Nc1ccc(S(=O)(=O)Nc2cccnc2Br)c(F)c1. The highest BCUT2D eigenvalue weighted by atomic mass is 79.9. The maximum atomic E-state index is 13.6. The van der Waals surface area contributed by atoms with E-state index in [1.54, 1.807) is 6.07 Å². The van der Waals surface area contributed by atoms with Crippen LogP contribution in [0.15, 0.2) is 46.0 Å². The summed E-state index contributed by atoms with van der Waals surface area (Å²) in [6.07, 6.45) is 1.49. The number of rotatable bonds is 3. The number of aromatic nitrogens is 1. The quantitative estimate of drug-likeness (QED) is 0.660. The van der Waals surface area contributed by atoms with Gasteiger partial charge in [0.2, 0.25) is 0 Å². The number of nitrogens with two attached hydrogens (primary N) is 1. The van der Waals surface area contributed by atoms with E-state index in [1.165, 1.54) is 18.3 Å². The molecule has 0 saturated heterocycles. The summed E-state index contributed by atoms with van der Waals surface area (Å²) < 4.78 is 40.3. The highest BCUT2D eigenvalue weighted by molar-refractivity contribution is 9.10. The fourth-order valence-electron chi connectivity index (χ4n) is 1.40. The van der Waals surface area contributed by atoms with Gasteiger partial charge in [0.05, 0.1) is 5.69 Å². The molecule has 2 aromatic rings. The van der Waals surface area contributed by atoms with Crippen molar-refractivity contribution in [3.05, 3.63) is 46.9 Å². The average Bonchev–Trinajstić information content (AvgIpc) is 2.31. The first-order chi connectivity index (χ1) is 8.90. The molecule has 8 heteroatoms. The molecule has 1 heterocycles. The van der Waals surface area contributed by atoms with Crippen LogP contribution in [0.5, 0.6) is 0 Å². The lowest BCUT2D eigenvalue weighted by molar-refractivity contribution is 0.571. The molecule has 0 aliphatic rings. The Balaban J connectivity index is 2.41. The number of nitrogens with one attached hydrogen (secondary N) is 1. The number of benzene rings is 1. The molecule has 0 amide bonds. The predicted octanol–water partition coefficient (Wildman–Crippen LogP) is 2.37. The molecule has 0 aliphatic carbocycles. The Morgan fingerprint density at radius 3 is 2.68 bits per heavy atom. The zero-order valence-corrected chi connectivity index (χ0v) is 11.9. The highest BCUT2D eigenvalue weighted by Crippen LogP contribution is 2.24. The fraction of sp³-hybridized carbons (Fsp3) is 0. The van der Waals surface area contributed by atoms with E-state index in [2.05, 4.69) is 25.6 Å². The van der Waals surface area contributed by atoms with E-state index < -0.39 is 20.7 Å². The zero-order valence-electron chi connectivity index (χ0n) is 9.47. The van der Waals surface area contributed by atoms with Crippen molar-refractivity contribution >= 4 is 37.3 Å². The standard InChI is InChI=1S/C11H9BrFN3O2S/c12-11-9(2-1-5-15-11)16-19(17,18)10-4-3-7(14)6-8(10)13/h1-6,16H,14H2. The van der Waals surface area contributed by atoms with Crippen LogP contribution in [0.25, 0.3) is 0 Å². The van der Waals surface area contributed by atoms with Gasteiger partial charge in [-0.05, 0) is 46.3 Å². The molecule has 19 heavy (non-hydrogen) atoms. The first-order valence-corrected chi connectivity index (χ1v) is 7.36. The second kappa shape index (κ2) is 5.14. The van der Waals surface area contributed by atoms with E-state index in [9.17, 15) is 12.8 Å². The van der Waals surface area contributed by atoms with Crippen molar-refractivity contribution in [1.82, 2.24) is 4.98 Å². The van der Waals surface area contributed by atoms with Gasteiger partial charge in [-0.25, -0.2) is 17.8 Å². The molecule has 0 aliphatic heterocycles.